The van der Waals surface area contributed by atoms with Crippen LogP contribution in [0.15, 0.2) is 48.5 Å². The Morgan fingerprint density at radius 1 is 1.05 bits per heavy atom. The number of aliphatic hydroxyl groups excluding tert-OH is 1. The number of nitrogens with zero attached hydrogens (tertiary/aromatic N) is 2. The van der Waals surface area contributed by atoms with Crippen LogP contribution in [0.3, 0.4) is 0 Å². The van der Waals surface area contributed by atoms with Crippen molar-refractivity contribution in [3.8, 4) is 0 Å². The van der Waals surface area contributed by atoms with E-state index in [0.29, 0.717) is 13.1 Å². The van der Waals surface area contributed by atoms with Crippen LogP contribution in [0.1, 0.15) is 16.7 Å². The zero-order valence-electron chi connectivity index (χ0n) is 12.0. The Balaban J connectivity index is 1.90. The number of carbonyl (C=O) groups is 1. The Morgan fingerprint density at radius 3 is 2.43 bits per heavy atom. The van der Waals surface area contributed by atoms with Gasteiger partial charge in [-0.2, -0.15) is 0 Å². The van der Waals surface area contributed by atoms with Gasteiger partial charge in [0, 0.05) is 13.6 Å². The molecular formula is C17H18N2O2. The predicted molar refractivity (Wildman–Crippen MR) is 81.9 cm³/mol. The summed E-state index contributed by atoms with van der Waals surface area (Å²) in [6.45, 7) is 1.22. The molecule has 1 heterocycles. The van der Waals surface area contributed by atoms with Crippen molar-refractivity contribution < 1.29 is 9.90 Å². The lowest BCUT2D eigenvalue weighted by atomic mass is 10.1. The lowest BCUT2D eigenvalue weighted by molar-refractivity contribution is 0.210. The minimum Gasteiger partial charge on any atom is -0.392 e. The highest BCUT2D eigenvalue weighted by Gasteiger charge is 2.27. The fourth-order valence-corrected chi connectivity index (χ4v) is 2.63. The van der Waals surface area contributed by atoms with Gasteiger partial charge < -0.3 is 10.0 Å². The van der Waals surface area contributed by atoms with Crippen molar-refractivity contribution in [2.75, 3.05) is 11.9 Å². The summed E-state index contributed by atoms with van der Waals surface area (Å²) in [6.07, 6.45) is 0. The minimum atomic E-state index is 0.0138. The lowest BCUT2D eigenvalue weighted by Gasteiger charge is -2.35. The molecule has 0 atom stereocenters. The summed E-state index contributed by atoms with van der Waals surface area (Å²) in [6, 6.07) is 15.7. The number of fused-ring (bicyclic) bond motifs is 1. The monoisotopic (exact) mass is 282 g/mol. The van der Waals surface area contributed by atoms with Crippen LogP contribution in [0, 0.1) is 0 Å². The van der Waals surface area contributed by atoms with E-state index >= 15 is 0 Å². The van der Waals surface area contributed by atoms with Gasteiger partial charge in [-0.25, -0.2) is 4.79 Å². The molecule has 108 valence electrons. The normalized spacial score (nSPS) is 14.3. The number of urea groups is 1. The Kier molecular flexibility index (Phi) is 3.62. The highest BCUT2D eigenvalue weighted by Crippen LogP contribution is 2.29. The number of anilines is 1. The third-order valence-corrected chi connectivity index (χ3v) is 3.79. The second kappa shape index (κ2) is 5.58. The smallest absolute Gasteiger partial charge is 0.324 e. The number of rotatable bonds is 3. The first kappa shape index (κ1) is 13.6. The third-order valence-electron chi connectivity index (χ3n) is 3.79. The Hall–Kier alpha value is -2.33. The van der Waals surface area contributed by atoms with E-state index in [1.807, 2.05) is 49.5 Å². The molecule has 2 aromatic carbocycles. The van der Waals surface area contributed by atoms with E-state index < -0.39 is 0 Å². The van der Waals surface area contributed by atoms with Gasteiger partial charge in [0.15, 0.2) is 0 Å². The van der Waals surface area contributed by atoms with Crippen LogP contribution in [-0.2, 0) is 19.7 Å². The van der Waals surface area contributed by atoms with Crippen LogP contribution >= 0.6 is 0 Å². The largest absolute Gasteiger partial charge is 0.392 e. The van der Waals surface area contributed by atoms with Crippen molar-refractivity contribution in [1.82, 2.24) is 4.90 Å². The molecule has 0 radical (unpaired) electrons. The van der Waals surface area contributed by atoms with Crippen molar-refractivity contribution in [3.05, 3.63) is 65.2 Å². The van der Waals surface area contributed by atoms with Crippen molar-refractivity contribution >= 4 is 11.7 Å². The quantitative estimate of drug-likeness (QED) is 0.940. The molecule has 1 aliphatic heterocycles. The lowest BCUT2D eigenvalue weighted by Crippen LogP contribution is -2.44. The fourth-order valence-electron chi connectivity index (χ4n) is 2.63. The molecule has 0 aromatic heterocycles. The highest BCUT2D eigenvalue weighted by atomic mass is 16.3. The molecular weight excluding hydrogens is 264 g/mol. The summed E-state index contributed by atoms with van der Waals surface area (Å²) < 4.78 is 0. The van der Waals surface area contributed by atoms with Crippen molar-refractivity contribution in [1.29, 1.82) is 0 Å². The summed E-state index contributed by atoms with van der Waals surface area (Å²) in [7, 11) is 1.82. The van der Waals surface area contributed by atoms with Gasteiger partial charge in [0.05, 0.1) is 18.8 Å². The molecule has 4 heteroatoms. The van der Waals surface area contributed by atoms with Crippen LogP contribution < -0.4 is 4.90 Å². The molecule has 0 saturated carbocycles. The van der Waals surface area contributed by atoms with Crippen LogP contribution in [0.2, 0.25) is 0 Å². The van der Waals surface area contributed by atoms with Gasteiger partial charge in [0.2, 0.25) is 0 Å². The highest BCUT2D eigenvalue weighted by molar-refractivity contribution is 5.94. The topological polar surface area (TPSA) is 43.8 Å². The predicted octanol–water partition coefficient (Wildman–Crippen LogP) is 2.75. The molecule has 1 aliphatic rings. The van der Waals surface area contributed by atoms with E-state index in [1.54, 1.807) is 9.80 Å². The van der Waals surface area contributed by atoms with Gasteiger partial charge in [0.1, 0.15) is 0 Å². The van der Waals surface area contributed by atoms with Crippen LogP contribution in [0.25, 0.3) is 0 Å². The zero-order valence-corrected chi connectivity index (χ0v) is 12.0. The van der Waals surface area contributed by atoms with Gasteiger partial charge in [-0.1, -0.05) is 42.5 Å². The number of para-hydroxylation sites is 1. The molecule has 0 unspecified atom stereocenters. The molecule has 21 heavy (non-hydrogen) atoms. The molecule has 0 spiro atoms. The van der Waals surface area contributed by atoms with Gasteiger partial charge in [-0.15, -0.1) is 0 Å². The molecule has 0 bridgehead atoms. The zero-order chi connectivity index (χ0) is 14.8. The van der Waals surface area contributed by atoms with Crippen molar-refractivity contribution in [2.45, 2.75) is 19.7 Å². The van der Waals surface area contributed by atoms with Crippen LogP contribution in [0.5, 0.6) is 0 Å². The van der Waals surface area contributed by atoms with Crippen molar-refractivity contribution in [3.63, 3.8) is 0 Å². The van der Waals surface area contributed by atoms with Crippen LogP contribution in [-0.4, -0.2) is 23.1 Å². The molecule has 3 rings (SSSR count). The summed E-state index contributed by atoms with van der Waals surface area (Å²) in [5.41, 5.74) is 4.06. The Bertz CT molecular complexity index is 652. The van der Waals surface area contributed by atoms with E-state index in [-0.39, 0.29) is 12.6 Å². The molecule has 0 aliphatic carbocycles. The average Bonchev–Trinajstić information content (AvgIpc) is 2.52. The minimum absolute atomic E-state index is 0.0138. The number of aliphatic hydroxyl groups is 1. The first-order valence-corrected chi connectivity index (χ1v) is 6.98. The summed E-state index contributed by atoms with van der Waals surface area (Å²) >= 11 is 0. The number of carbonyl (C=O) groups excluding carboxylic acids is 1. The number of hydrogen-bond acceptors (Lipinski definition) is 2. The van der Waals surface area contributed by atoms with Gasteiger partial charge in [-0.05, 0) is 22.8 Å². The standard InChI is InChI=1S/C17H18N2O2/c1-18-11-15-4-2-3-5-16(15)19(17(18)21)10-13-6-8-14(12-20)9-7-13/h2-9,20H,10-12H2,1H3. The molecule has 0 saturated heterocycles. The molecule has 2 amide bonds. The van der Waals surface area contributed by atoms with Crippen molar-refractivity contribution in [2.24, 2.45) is 0 Å². The maximum atomic E-state index is 12.4. The van der Waals surface area contributed by atoms with Crippen LogP contribution in [0.4, 0.5) is 10.5 Å². The number of amides is 2. The molecule has 2 aromatic rings. The summed E-state index contributed by atoms with van der Waals surface area (Å²) in [5.74, 6) is 0. The fraction of sp³-hybridized carbons (Fsp3) is 0.235. The van der Waals surface area contributed by atoms with E-state index in [1.165, 1.54) is 0 Å². The molecule has 1 N–H and O–H groups in total. The van der Waals surface area contributed by atoms with E-state index in [9.17, 15) is 4.79 Å². The second-order valence-corrected chi connectivity index (χ2v) is 5.33. The maximum absolute atomic E-state index is 12.4. The number of hydrogen-bond donors (Lipinski definition) is 1. The average molecular weight is 282 g/mol. The number of benzene rings is 2. The van der Waals surface area contributed by atoms with Gasteiger partial charge in [0.25, 0.3) is 0 Å². The Labute approximate surface area is 124 Å². The van der Waals surface area contributed by atoms with E-state index in [2.05, 4.69) is 6.07 Å². The third kappa shape index (κ3) is 2.62. The first-order valence-electron chi connectivity index (χ1n) is 6.98. The molecule has 0 fully saturated rings. The van der Waals surface area contributed by atoms with Gasteiger partial charge >= 0.3 is 6.03 Å². The maximum Gasteiger partial charge on any atom is 0.324 e. The molecule has 4 nitrogen and oxygen atoms in total. The van der Waals surface area contributed by atoms with E-state index in [0.717, 1.165) is 22.4 Å². The van der Waals surface area contributed by atoms with Gasteiger partial charge in [-0.3, -0.25) is 4.90 Å². The first-order chi connectivity index (χ1) is 10.2. The second-order valence-electron chi connectivity index (χ2n) is 5.33. The van der Waals surface area contributed by atoms with E-state index in [4.69, 9.17) is 5.11 Å². The SMILES string of the molecule is CN1Cc2ccccc2N(Cc2ccc(CO)cc2)C1=O. The Morgan fingerprint density at radius 2 is 1.71 bits per heavy atom. The summed E-state index contributed by atoms with van der Waals surface area (Å²) in [4.78, 5) is 16.0. The summed E-state index contributed by atoms with van der Waals surface area (Å²) in [5, 5.41) is 9.09.